The van der Waals surface area contributed by atoms with Gasteiger partial charge in [-0.2, -0.15) is 0 Å². The maximum absolute atomic E-state index is 13.0. The Bertz CT molecular complexity index is 1320. The maximum atomic E-state index is 13.0. The van der Waals surface area contributed by atoms with Gasteiger partial charge >= 0.3 is 17.9 Å². The summed E-state index contributed by atoms with van der Waals surface area (Å²) in [5.41, 5.74) is 1.13. The van der Waals surface area contributed by atoms with E-state index in [4.69, 9.17) is 23.7 Å². The molecule has 0 atom stereocenters. The van der Waals surface area contributed by atoms with E-state index in [0.29, 0.717) is 16.9 Å². The summed E-state index contributed by atoms with van der Waals surface area (Å²) < 4.78 is 27.5. The van der Waals surface area contributed by atoms with E-state index in [1.54, 1.807) is 71.9 Å². The summed E-state index contributed by atoms with van der Waals surface area (Å²) in [5, 5.41) is 0. The molecule has 0 aromatic heterocycles. The van der Waals surface area contributed by atoms with E-state index in [2.05, 4.69) is 0 Å². The minimum atomic E-state index is -0.658. The second-order valence-electron chi connectivity index (χ2n) is 11.1. The average molecular weight is 549 g/mol. The molecule has 0 unspecified atom stereocenters. The summed E-state index contributed by atoms with van der Waals surface area (Å²) in [7, 11) is 0. The van der Waals surface area contributed by atoms with E-state index in [1.165, 1.54) is 6.07 Å². The number of ether oxygens (including phenoxy) is 5. The van der Waals surface area contributed by atoms with Crippen molar-refractivity contribution in [1.29, 1.82) is 0 Å². The van der Waals surface area contributed by atoms with Gasteiger partial charge in [-0.1, -0.05) is 42.5 Å². The molecule has 0 heterocycles. The van der Waals surface area contributed by atoms with Gasteiger partial charge in [-0.05, 0) is 88.6 Å². The van der Waals surface area contributed by atoms with Gasteiger partial charge < -0.3 is 23.7 Å². The molecule has 3 aromatic rings. The quantitative estimate of drug-likeness (QED) is 0.220. The molecule has 0 aliphatic rings. The maximum Gasteiger partial charge on any atom is 0.344 e. The predicted octanol–water partition coefficient (Wildman–Crippen LogP) is 6.15. The Hall–Kier alpha value is -4.33. The zero-order valence-corrected chi connectivity index (χ0v) is 23.8. The summed E-state index contributed by atoms with van der Waals surface area (Å²) in [6.45, 7) is 10.2. The Labute approximate surface area is 235 Å². The zero-order valence-electron chi connectivity index (χ0n) is 23.8. The van der Waals surface area contributed by atoms with Crippen LogP contribution in [-0.2, 0) is 30.4 Å². The van der Waals surface area contributed by atoms with Crippen LogP contribution in [0.1, 0.15) is 57.5 Å². The van der Waals surface area contributed by atoms with Crippen LogP contribution < -0.4 is 9.47 Å². The molecule has 0 amide bonds. The predicted molar refractivity (Wildman–Crippen MR) is 150 cm³/mol. The number of hydrogen-bond donors (Lipinski definition) is 0. The summed E-state index contributed by atoms with van der Waals surface area (Å²) >= 11 is 0. The van der Waals surface area contributed by atoms with Gasteiger partial charge in [-0.25, -0.2) is 14.4 Å². The molecule has 0 spiro atoms. The fourth-order valence-corrected chi connectivity index (χ4v) is 3.57. The average Bonchev–Trinajstić information content (AvgIpc) is 2.88. The summed E-state index contributed by atoms with van der Waals surface area (Å²) in [5.74, 6) is -0.848. The minimum absolute atomic E-state index is 0.103. The highest BCUT2D eigenvalue weighted by Crippen LogP contribution is 2.29. The number of rotatable bonds is 10. The van der Waals surface area contributed by atoms with Gasteiger partial charge in [0.1, 0.15) is 29.3 Å². The third-order valence-electron chi connectivity index (χ3n) is 5.08. The zero-order chi connectivity index (χ0) is 29.3. The lowest BCUT2D eigenvalue weighted by molar-refractivity contribution is -0.158. The molecule has 0 aliphatic heterocycles. The Kier molecular flexibility index (Phi) is 9.93. The van der Waals surface area contributed by atoms with E-state index in [-0.39, 0.29) is 31.1 Å². The van der Waals surface area contributed by atoms with Crippen molar-refractivity contribution in [3.8, 4) is 22.6 Å². The highest BCUT2D eigenvalue weighted by molar-refractivity contribution is 5.92. The molecule has 0 aliphatic carbocycles. The molecular formula is C32H36O8. The van der Waals surface area contributed by atoms with Crippen molar-refractivity contribution >= 4 is 17.9 Å². The first-order chi connectivity index (χ1) is 18.8. The second kappa shape index (κ2) is 13.2. The van der Waals surface area contributed by atoms with Crippen LogP contribution in [0.15, 0.2) is 72.8 Å². The number of carbonyl (C=O) groups is 3. The molecule has 8 heteroatoms. The lowest BCUT2D eigenvalue weighted by Gasteiger charge is -2.20. The number of esters is 3. The molecule has 8 nitrogen and oxygen atoms in total. The lowest BCUT2D eigenvalue weighted by Crippen LogP contribution is -2.27. The van der Waals surface area contributed by atoms with Gasteiger partial charge in [0.2, 0.25) is 0 Å². The SMILES string of the molecule is CC(C)(C)OC(=O)COc1cccc(-c2cc(OCC(=O)OC(C)(C)C)cc(C(=O)OCc3ccccc3)c2)c1. The number of carbonyl (C=O) groups excluding carboxylic acids is 3. The van der Waals surface area contributed by atoms with Gasteiger partial charge in [0.15, 0.2) is 13.2 Å². The van der Waals surface area contributed by atoms with Crippen LogP contribution >= 0.6 is 0 Å². The Balaban J connectivity index is 1.83. The standard InChI is InChI=1S/C32H36O8/c1-31(2,3)39-28(33)20-36-26-14-10-13-23(16-26)24-15-25(30(35)38-19-22-11-8-7-9-12-22)18-27(17-24)37-21-29(34)40-32(4,5)6/h7-18H,19-21H2,1-6H3. The van der Waals surface area contributed by atoms with Crippen molar-refractivity contribution in [3.63, 3.8) is 0 Å². The molecule has 0 radical (unpaired) electrons. The third-order valence-corrected chi connectivity index (χ3v) is 5.08. The van der Waals surface area contributed by atoms with Crippen molar-refractivity contribution < 1.29 is 38.1 Å². The minimum Gasteiger partial charge on any atom is -0.482 e. The molecule has 0 saturated heterocycles. The highest BCUT2D eigenvalue weighted by Gasteiger charge is 2.19. The Morgan fingerprint density at radius 2 is 1.20 bits per heavy atom. The second-order valence-corrected chi connectivity index (χ2v) is 11.1. The van der Waals surface area contributed by atoms with Gasteiger partial charge in [0.25, 0.3) is 0 Å². The van der Waals surface area contributed by atoms with Crippen LogP contribution in [0.5, 0.6) is 11.5 Å². The Morgan fingerprint density at radius 3 is 1.80 bits per heavy atom. The first-order valence-corrected chi connectivity index (χ1v) is 12.9. The van der Waals surface area contributed by atoms with Crippen molar-refractivity contribution in [1.82, 2.24) is 0 Å². The van der Waals surface area contributed by atoms with Gasteiger partial charge in [-0.3, -0.25) is 0 Å². The summed E-state index contributed by atoms with van der Waals surface area (Å²) in [6, 6.07) is 21.3. The molecular weight excluding hydrogens is 512 g/mol. The van der Waals surface area contributed by atoms with E-state index in [9.17, 15) is 14.4 Å². The van der Waals surface area contributed by atoms with Crippen LogP contribution in [0.3, 0.4) is 0 Å². The summed E-state index contributed by atoms with van der Waals surface area (Å²) in [6.07, 6.45) is 0. The number of hydrogen-bond acceptors (Lipinski definition) is 8. The first-order valence-electron chi connectivity index (χ1n) is 12.9. The molecule has 3 rings (SSSR count). The van der Waals surface area contributed by atoms with Gasteiger partial charge in [0, 0.05) is 0 Å². The highest BCUT2D eigenvalue weighted by atomic mass is 16.6. The summed E-state index contributed by atoms with van der Waals surface area (Å²) in [4.78, 5) is 37.3. The van der Waals surface area contributed by atoms with E-state index >= 15 is 0 Å². The topological polar surface area (TPSA) is 97.4 Å². The molecule has 0 N–H and O–H groups in total. The fraction of sp³-hybridized carbons (Fsp3) is 0.344. The van der Waals surface area contributed by atoms with Gasteiger partial charge in [-0.15, -0.1) is 0 Å². The molecule has 3 aromatic carbocycles. The van der Waals surface area contributed by atoms with Crippen molar-refractivity contribution in [3.05, 3.63) is 83.9 Å². The monoisotopic (exact) mass is 548 g/mol. The largest absolute Gasteiger partial charge is 0.482 e. The smallest absolute Gasteiger partial charge is 0.344 e. The molecule has 0 fully saturated rings. The van der Waals surface area contributed by atoms with E-state index < -0.39 is 29.1 Å². The van der Waals surface area contributed by atoms with E-state index in [0.717, 1.165) is 5.56 Å². The molecule has 40 heavy (non-hydrogen) atoms. The fourth-order valence-electron chi connectivity index (χ4n) is 3.57. The first kappa shape index (κ1) is 30.2. The molecule has 0 saturated carbocycles. The molecule has 0 bridgehead atoms. The van der Waals surface area contributed by atoms with Crippen molar-refractivity contribution in [2.24, 2.45) is 0 Å². The van der Waals surface area contributed by atoms with Crippen LogP contribution in [0, 0.1) is 0 Å². The van der Waals surface area contributed by atoms with Gasteiger partial charge in [0.05, 0.1) is 5.56 Å². The van der Waals surface area contributed by atoms with Crippen molar-refractivity contribution in [2.75, 3.05) is 13.2 Å². The third kappa shape index (κ3) is 10.4. The lowest BCUT2D eigenvalue weighted by atomic mass is 10.0. The van der Waals surface area contributed by atoms with E-state index in [1.807, 2.05) is 36.4 Å². The molecule has 212 valence electrons. The van der Waals surface area contributed by atoms with Crippen molar-refractivity contribution in [2.45, 2.75) is 59.4 Å². The van der Waals surface area contributed by atoms with Crippen LogP contribution in [-0.4, -0.2) is 42.3 Å². The Morgan fingerprint density at radius 1 is 0.625 bits per heavy atom. The van der Waals surface area contributed by atoms with Crippen LogP contribution in [0.25, 0.3) is 11.1 Å². The normalized spacial score (nSPS) is 11.3. The van der Waals surface area contributed by atoms with Crippen LogP contribution in [0.4, 0.5) is 0 Å². The number of benzene rings is 3. The van der Waals surface area contributed by atoms with Crippen LogP contribution in [0.2, 0.25) is 0 Å².